The number of aromatic nitrogens is 2. The highest BCUT2D eigenvalue weighted by atomic mass is 35.5. The van der Waals surface area contributed by atoms with Crippen molar-refractivity contribution in [1.82, 2.24) is 40.6 Å². The van der Waals surface area contributed by atoms with Crippen molar-refractivity contribution >= 4 is 47.0 Å². The molecule has 1 aliphatic rings. The molecule has 0 radical (unpaired) electrons. The number of hydrogen-bond donors (Lipinski definition) is 6. The predicted molar refractivity (Wildman–Crippen MR) is 250 cm³/mol. The maximum Gasteiger partial charge on any atom is 0.326 e. The Morgan fingerprint density at radius 1 is 0.892 bits per heavy atom. The molecule has 0 saturated carbocycles. The van der Waals surface area contributed by atoms with Crippen LogP contribution in [0.3, 0.4) is 0 Å². The molecule has 17 heteroatoms. The van der Waals surface area contributed by atoms with Gasteiger partial charge in [-0.1, -0.05) is 71.7 Å². The molecule has 1 saturated heterocycles. The van der Waals surface area contributed by atoms with Crippen molar-refractivity contribution in [2.24, 2.45) is 7.05 Å². The fourth-order valence-electron chi connectivity index (χ4n) is 7.81. The number of hydrogen-bond acceptors (Lipinski definition) is 9. The number of amides is 4. The van der Waals surface area contributed by atoms with Gasteiger partial charge in [-0.3, -0.25) is 9.59 Å². The van der Waals surface area contributed by atoms with Crippen LogP contribution in [0.15, 0.2) is 103 Å². The first kappa shape index (κ1) is 48.5. The van der Waals surface area contributed by atoms with Crippen LogP contribution in [-0.4, -0.2) is 111 Å². The number of rotatable bonds is 19. The van der Waals surface area contributed by atoms with Gasteiger partial charge >= 0.3 is 12.0 Å². The topological polar surface area (TPSA) is 190 Å². The number of carboxylic acid groups (broad SMARTS) is 1. The maximum absolute atomic E-state index is 14.3. The zero-order valence-corrected chi connectivity index (χ0v) is 38.4. The fourth-order valence-corrected chi connectivity index (χ4v) is 8.10. The Kier molecular flexibility index (Phi) is 16.6. The Morgan fingerprint density at radius 2 is 1.60 bits per heavy atom. The van der Waals surface area contributed by atoms with E-state index in [9.17, 15) is 29.4 Å². The molecule has 6 N–H and O–H groups in total. The van der Waals surface area contributed by atoms with E-state index in [2.05, 4.69) is 26.3 Å². The van der Waals surface area contributed by atoms with Gasteiger partial charge in [-0.2, -0.15) is 0 Å². The molecule has 15 nitrogen and oxygen atoms in total. The number of ether oxygens (including phenoxy) is 1. The van der Waals surface area contributed by atoms with Gasteiger partial charge < -0.3 is 50.6 Å². The number of aliphatic hydroxyl groups is 1. The Hall–Kier alpha value is -5.97. The summed E-state index contributed by atoms with van der Waals surface area (Å²) in [4.78, 5) is 62.7. The Balaban J connectivity index is 1.24. The summed E-state index contributed by atoms with van der Waals surface area (Å²) in [7, 11) is 5.92. The van der Waals surface area contributed by atoms with E-state index in [4.69, 9.17) is 27.9 Å². The number of imidazole rings is 1. The Labute approximate surface area is 389 Å². The molecule has 6 rings (SSSR count). The number of carboxylic acids is 1. The molecule has 0 unspecified atom stereocenters. The van der Waals surface area contributed by atoms with Gasteiger partial charge in [-0.15, -0.1) is 0 Å². The van der Waals surface area contributed by atoms with E-state index in [0.29, 0.717) is 52.9 Å². The smallest absolute Gasteiger partial charge is 0.326 e. The van der Waals surface area contributed by atoms with Gasteiger partial charge in [0.05, 0.1) is 37.1 Å². The molecule has 1 fully saturated rings. The average molecular weight is 928 g/mol. The summed E-state index contributed by atoms with van der Waals surface area (Å²) in [5.74, 6) is -1.00. The average Bonchev–Trinajstić information content (AvgIpc) is 3.64. The monoisotopic (exact) mass is 926 g/mol. The van der Waals surface area contributed by atoms with Crippen molar-refractivity contribution in [1.29, 1.82) is 0 Å². The van der Waals surface area contributed by atoms with Crippen molar-refractivity contribution < 1.29 is 34.1 Å². The van der Waals surface area contributed by atoms with Crippen LogP contribution >= 0.6 is 23.2 Å². The van der Waals surface area contributed by atoms with Crippen LogP contribution in [0, 0.1) is 0 Å². The van der Waals surface area contributed by atoms with Crippen molar-refractivity contribution in [2.75, 3.05) is 33.8 Å². The molecule has 1 aromatic heterocycles. The van der Waals surface area contributed by atoms with Crippen molar-refractivity contribution in [3.63, 3.8) is 0 Å². The number of benzene rings is 4. The molecule has 0 spiro atoms. The van der Waals surface area contributed by atoms with Crippen LogP contribution in [0.25, 0.3) is 11.3 Å². The van der Waals surface area contributed by atoms with Crippen LogP contribution in [0.4, 0.5) is 4.79 Å². The minimum Gasteiger partial charge on any atom is -0.480 e. The quantitative estimate of drug-likeness (QED) is 0.0591. The second-order valence-electron chi connectivity index (χ2n) is 16.7. The van der Waals surface area contributed by atoms with E-state index in [1.807, 2.05) is 61.1 Å². The molecule has 5 aromatic rings. The normalized spacial score (nSPS) is 16.2. The van der Waals surface area contributed by atoms with Gasteiger partial charge in [-0.25, -0.2) is 14.6 Å². The summed E-state index contributed by atoms with van der Waals surface area (Å²) in [5, 5.41) is 33.3. The molecule has 4 atom stereocenters. The first-order valence-corrected chi connectivity index (χ1v) is 22.1. The van der Waals surface area contributed by atoms with Gasteiger partial charge in [0.1, 0.15) is 35.4 Å². The third kappa shape index (κ3) is 13.1. The predicted octanol–water partition coefficient (Wildman–Crippen LogP) is 5.80. The summed E-state index contributed by atoms with van der Waals surface area (Å²) in [6, 6.07) is 23.5. The second-order valence-corrected chi connectivity index (χ2v) is 17.5. The van der Waals surface area contributed by atoms with E-state index < -0.39 is 54.1 Å². The Morgan fingerprint density at radius 3 is 2.25 bits per heavy atom. The number of aliphatic carboxylic acids is 1. The Bertz CT molecular complexity index is 2410. The van der Waals surface area contributed by atoms with Gasteiger partial charge in [0.2, 0.25) is 11.8 Å². The summed E-state index contributed by atoms with van der Waals surface area (Å²) in [6.07, 6.45) is 3.70. The van der Waals surface area contributed by atoms with Crippen molar-refractivity contribution in [3.8, 4) is 22.8 Å². The number of carbonyl (C=O) groups excluding carboxylic acids is 3. The van der Waals surface area contributed by atoms with Crippen LogP contribution in [-0.2, 0) is 47.4 Å². The number of nitrogens with one attached hydrogen (secondary N) is 4. The summed E-state index contributed by atoms with van der Waals surface area (Å²) < 4.78 is 8.39. The molecule has 0 bridgehead atoms. The first-order valence-electron chi connectivity index (χ1n) is 21.4. The summed E-state index contributed by atoms with van der Waals surface area (Å²) in [6.45, 7) is 2.39. The largest absolute Gasteiger partial charge is 0.480 e. The first-order chi connectivity index (χ1) is 31.1. The number of urea groups is 1. The molecular weight excluding hydrogens is 871 g/mol. The fraction of sp³-hybridized carbons (Fsp3) is 0.354. The lowest BCUT2D eigenvalue weighted by atomic mass is 9.83. The maximum atomic E-state index is 14.3. The SMILES string of the molecule is C[C@@H](C(=O)N[C@@H](CO)C(=O)N[C@@]1(Cc2ccc(Cl)cc2)CCCNC1)N(Cc1ccc(Cl)cc1Oc1ccc(-c2cnc(CN(C)C)n2C)cc1)C(=O)N[C@@H](Cc1ccccc1)C(=O)O. The third-order valence-electron chi connectivity index (χ3n) is 11.4. The van der Waals surface area contributed by atoms with E-state index in [0.717, 1.165) is 40.5 Å². The zero-order chi connectivity index (χ0) is 46.7. The molecule has 2 heterocycles. The van der Waals surface area contributed by atoms with Crippen molar-refractivity contribution in [3.05, 3.63) is 136 Å². The van der Waals surface area contributed by atoms with Crippen LogP contribution in [0.5, 0.6) is 11.5 Å². The lowest BCUT2D eigenvalue weighted by Gasteiger charge is -2.40. The molecule has 4 aromatic carbocycles. The summed E-state index contributed by atoms with van der Waals surface area (Å²) in [5.41, 5.74) is 3.18. The lowest BCUT2D eigenvalue weighted by molar-refractivity contribution is -0.139. The van der Waals surface area contributed by atoms with Crippen LogP contribution < -0.4 is 26.0 Å². The van der Waals surface area contributed by atoms with Crippen molar-refractivity contribution in [2.45, 2.75) is 69.4 Å². The van der Waals surface area contributed by atoms with Crippen LogP contribution in [0.2, 0.25) is 10.0 Å². The second kappa shape index (κ2) is 22.3. The highest BCUT2D eigenvalue weighted by Gasteiger charge is 2.37. The standard InChI is InChI=1S/C48H56Cl2N8O7/c1-31(44(60)53-40(29-59)45(61)55-48(21-8-22-51-30-48)25-33-11-16-36(49)17-12-33)58(47(64)54-39(46(62)63)23-32-9-6-5-7-10-32)27-35-13-18-37(50)24-42(35)65-38-19-14-34(15-20-38)41-26-52-43(57(41)4)28-56(2)3/h5-7,9-20,24,26,31,39-40,51,59H,8,21-23,25,27-30H2,1-4H3,(H,53,60)(H,54,64)(H,55,61)(H,62,63)/t31-,39-,40-,48+/m0/s1. The number of aliphatic hydroxyl groups excluding tert-OH is 1. The minimum atomic E-state index is -1.38. The van der Waals surface area contributed by atoms with Gasteiger partial charge in [0, 0.05) is 41.2 Å². The number of piperidine rings is 1. The van der Waals surface area contributed by atoms with E-state index in [1.54, 1.807) is 72.8 Å². The summed E-state index contributed by atoms with van der Waals surface area (Å²) >= 11 is 12.6. The highest BCUT2D eigenvalue weighted by Crippen LogP contribution is 2.32. The highest BCUT2D eigenvalue weighted by molar-refractivity contribution is 6.31. The van der Waals surface area contributed by atoms with Gasteiger partial charge in [0.25, 0.3) is 0 Å². The molecule has 344 valence electrons. The number of halogens is 2. The molecule has 65 heavy (non-hydrogen) atoms. The van der Waals surface area contributed by atoms with E-state index >= 15 is 0 Å². The minimum absolute atomic E-state index is 0.0310. The molecular formula is C48H56Cl2N8O7. The zero-order valence-electron chi connectivity index (χ0n) is 36.9. The van der Waals surface area contributed by atoms with Gasteiger partial charge in [0.15, 0.2) is 0 Å². The molecule has 4 amide bonds. The molecule has 0 aliphatic carbocycles. The number of nitrogens with zero attached hydrogens (tertiary/aromatic N) is 4. The van der Waals surface area contributed by atoms with E-state index in [1.165, 1.54) is 6.92 Å². The number of carbonyl (C=O) groups is 4. The lowest BCUT2D eigenvalue weighted by Crippen LogP contribution is -2.64. The molecule has 1 aliphatic heterocycles. The third-order valence-corrected chi connectivity index (χ3v) is 11.9. The van der Waals surface area contributed by atoms with Gasteiger partial charge in [-0.05, 0) is 106 Å². The van der Waals surface area contributed by atoms with E-state index in [-0.39, 0.29) is 18.7 Å². The van der Waals surface area contributed by atoms with Crippen LogP contribution in [0.1, 0.15) is 42.3 Å².